The molecule has 1 fully saturated rings. The summed E-state index contributed by atoms with van der Waals surface area (Å²) in [5.41, 5.74) is 6.17. The molecule has 0 aliphatic carbocycles. The van der Waals surface area contributed by atoms with Crippen LogP contribution >= 0.6 is 11.8 Å². The van der Waals surface area contributed by atoms with Gasteiger partial charge in [-0.3, -0.25) is 14.7 Å². The maximum absolute atomic E-state index is 12.8. The van der Waals surface area contributed by atoms with Gasteiger partial charge in [0, 0.05) is 30.9 Å². The molecule has 0 radical (unpaired) electrons. The van der Waals surface area contributed by atoms with E-state index >= 15 is 0 Å². The van der Waals surface area contributed by atoms with Crippen LogP contribution in [-0.4, -0.2) is 41.1 Å². The van der Waals surface area contributed by atoms with Crippen LogP contribution in [0.1, 0.15) is 64.7 Å². The third-order valence-electron chi connectivity index (χ3n) is 5.60. The highest BCUT2D eigenvalue weighted by Gasteiger charge is 2.33. The predicted octanol–water partition coefficient (Wildman–Crippen LogP) is 5.72. The zero-order valence-electron chi connectivity index (χ0n) is 18.8. The van der Waals surface area contributed by atoms with Crippen molar-refractivity contribution in [2.75, 3.05) is 24.5 Å². The number of carbonyl (C=O) groups is 1. The van der Waals surface area contributed by atoms with Crippen LogP contribution in [0.15, 0.2) is 28.1 Å². The van der Waals surface area contributed by atoms with Crippen LogP contribution < -0.4 is 4.90 Å². The highest BCUT2D eigenvalue weighted by molar-refractivity contribution is 8.18. The maximum Gasteiger partial charge on any atom is 0.266 e. The van der Waals surface area contributed by atoms with Crippen LogP contribution in [0, 0.1) is 6.92 Å². The maximum atomic E-state index is 12.8. The van der Waals surface area contributed by atoms with Gasteiger partial charge in [0.05, 0.1) is 10.4 Å². The van der Waals surface area contributed by atoms with E-state index in [-0.39, 0.29) is 11.4 Å². The van der Waals surface area contributed by atoms with Crippen molar-refractivity contribution in [2.45, 2.75) is 60.4 Å². The summed E-state index contributed by atoms with van der Waals surface area (Å²) in [6, 6.07) is 4.54. The van der Waals surface area contributed by atoms with Crippen molar-refractivity contribution >= 4 is 40.2 Å². The highest BCUT2D eigenvalue weighted by atomic mass is 32.2. The third-order valence-corrected chi connectivity index (χ3v) is 6.64. The van der Waals surface area contributed by atoms with E-state index in [1.807, 2.05) is 19.9 Å². The molecule has 0 N–H and O–H groups in total. The molecule has 0 bridgehead atoms. The van der Waals surface area contributed by atoms with Crippen LogP contribution in [0.3, 0.4) is 0 Å². The third kappa shape index (κ3) is 4.02. The van der Waals surface area contributed by atoms with Gasteiger partial charge in [0.1, 0.15) is 0 Å². The second kappa shape index (κ2) is 8.39. The van der Waals surface area contributed by atoms with Gasteiger partial charge in [0.25, 0.3) is 5.91 Å². The molecule has 2 heterocycles. The first-order valence-electron chi connectivity index (χ1n) is 10.6. The number of thioether (sulfide) groups is 1. The minimum atomic E-state index is 0.00390. The van der Waals surface area contributed by atoms with E-state index in [0.717, 1.165) is 28.6 Å². The zero-order chi connectivity index (χ0) is 21.3. The van der Waals surface area contributed by atoms with Gasteiger partial charge in [-0.2, -0.15) is 0 Å². The first-order valence-corrected chi connectivity index (χ1v) is 11.4. The summed E-state index contributed by atoms with van der Waals surface area (Å²) in [6.07, 6.45) is 5.51. The van der Waals surface area contributed by atoms with Crippen molar-refractivity contribution in [3.63, 3.8) is 0 Å². The number of likely N-dealkylation sites (N-methyl/N-ethyl adjacent to an activating group) is 1. The number of anilines is 1. The van der Waals surface area contributed by atoms with Crippen molar-refractivity contribution in [3.8, 4) is 0 Å². The lowest BCUT2D eigenvalue weighted by Crippen LogP contribution is -2.45. The molecule has 4 nitrogen and oxygen atoms in total. The molecule has 0 atom stereocenters. The molecule has 0 unspecified atom stereocenters. The van der Waals surface area contributed by atoms with Gasteiger partial charge in [-0.25, -0.2) is 0 Å². The van der Waals surface area contributed by atoms with E-state index < -0.39 is 0 Å². The number of nitrogens with zero attached hydrogens (tertiary/aromatic N) is 3. The van der Waals surface area contributed by atoms with Gasteiger partial charge in [-0.1, -0.05) is 13.0 Å². The molecule has 3 rings (SSSR count). The van der Waals surface area contributed by atoms with E-state index in [2.05, 4.69) is 62.7 Å². The fourth-order valence-corrected chi connectivity index (χ4v) is 5.31. The Balaban J connectivity index is 2.06. The van der Waals surface area contributed by atoms with E-state index in [1.165, 1.54) is 34.1 Å². The SMILES string of the molecule is CCCN1c2cc(C)c(/C=C3/SC(=NCC)N(CC)C3=O)cc2C(C)=CC1(C)C. The second-order valence-corrected chi connectivity index (χ2v) is 9.28. The van der Waals surface area contributed by atoms with Gasteiger partial charge in [0.2, 0.25) is 0 Å². The monoisotopic (exact) mass is 411 g/mol. The number of hydrogen-bond donors (Lipinski definition) is 0. The van der Waals surface area contributed by atoms with Crippen LogP contribution in [0.2, 0.25) is 0 Å². The average molecular weight is 412 g/mol. The number of hydrogen-bond acceptors (Lipinski definition) is 4. The van der Waals surface area contributed by atoms with Crippen molar-refractivity contribution in [1.82, 2.24) is 4.90 Å². The van der Waals surface area contributed by atoms with Gasteiger partial charge in [-0.15, -0.1) is 0 Å². The number of rotatable bonds is 5. The number of carbonyl (C=O) groups excluding carboxylic acids is 1. The summed E-state index contributed by atoms with van der Waals surface area (Å²) in [5.74, 6) is 0.0582. The van der Waals surface area contributed by atoms with Crippen LogP contribution in [0.4, 0.5) is 5.69 Å². The van der Waals surface area contributed by atoms with E-state index in [4.69, 9.17) is 0 Å². The zero-order valence-corrected chi connectivity index (χ0v) is 19.6. The Hall–Kier alpha value is -2.01. The van der Waals surface area contributed by atoms with Crippen LogP contribution in [0.5, 0.6) is 0 Å². The minimum Gasteiger partial charge on any atom is -0.362 e. The molecular formula is C24H33N3OS. The predicted molar refractivity (Wildman–Crippen MR) is 127 cm³/mol. The first kappa shape index (κ1) is 21.7. The number of fused-ring (bicyclic) bond motifs is 1. The number of aryl methyl sites for hydroxylation is 1. The lowest BCUT2D eigenvalue weighted by Gasteiger charge is -2.43. The number of amidine groups is 1. The molecule has 1 saturated heterocycles. The molecule has 0 saturated carbocycles. The molecular weight excluding hydrogens is 378 g/mol. The number of benzene rings is 1. The van der Waals surface area contributed by atoms with Crippen LogP contribution in [0.25, 0.3) is 11.6 Å². The quantitative estimate of drug-likeness (QED) is 0.582. The summed E-state index contributed by atoms with van der Waals surface area (Å²) in [7, 11) is 0. The van der Waals surface area contributed by atoms with Gasteiger partial charge in [0.15, 0.2) is 5.17 Å². The molecule has 2 aliphatic rings. The molecule has 1 amide bonds. The lowest BCUT2D eigenvalue weighted by atomic mass is 9.86. The Bertz CT molecular complexity index is 911. The van der Waals surface area contributed by atoms with Crippen molar-refractivity contribution in [2.24, 2.45) is 4.99 Å². The summed E-state index contributed by atoms with van der Waals surface area (Å²) >= 11 is 1.49. The van der Waals surface area contributed by atoms with E-state index in [1.54, 1.807) is 4.90 Å². The molecule has 5 heteroatoms. The topological polar surface area (TPSA) is 35.9 Å². The fourth-order valence-electron chi connectivity index (χ4n) is 4.21. The lowest BCUT2D eigenvalue weighted by molar-refractivity contribution is -0.122. The molecule has 0 spiro atoms. The van der Waals surface area contributed by atoms with Crippen molar-refractivity contribution in [3.05, 3.63) is 39.8 Å². The summed E-state index contributed by atoms with van der Waals surface area (Å²) in [4.78, 5) is 22.4. The minimum absolute atomic E-state index is 0.00390. The highest BCUT2D eigenvalue weighted by Crippen LogP contribution is 2.41. The number of allylic oxidation sites excluding steroid dienone is 1. The summed E-state index contributed by atoms with van der Waals surface area (Å²) < 4.78 is 0. The van der Waals surface area contributed by atoms with Crippen molar-refractivity contribution in [1.29, 1.82) is 0 Å². The number of aliphatic imine (C=N–C) groups is 1. The second-order valence-electron chi connectivity index (χ2n) is 8.28. The number of amides is 1. The Morgan fingerprint density at radius 3 is 2.52 bits per heavy atom. The van der Waals surface area contributed by atoms with E-state index in [0.29, 0.717) is 13.1 Å². The Labute approximate surface area is 179 Å². The standard InChI is InChI=1S/C24H33N3OS/c1-8-11-27-20-12-16(4)18(13-19(20)17(5)15-24(27,6)7)14-21-22(28)26(10-3)23(29-21)25-9-2/h12-15H,8-11H2,1-7H3/b21-14+,25-23?. The largest absolute Gasteiger partial charge is 0.362 e. The summed E-state index contributed by atoms with van der Waals surface area (Å²) in [5, 5.41) is 0.814. The van der Waals surface area contributed by atoms with Gasteiger partial charge < -0.3 is 4.90 Å². The Morgan fingerprint density at radius 2 is 1.90 bits per heavy atom. The smallest absolute Gasteiger partial charge is 0.266 e. The van der Waals surface area contributed by atoms with Crippen molar-refractivity contribution < 1.29 is 4.79 Å². The fraction of sp³-hybridized carbons (Fsp3) is 0.500. The molecule has 29 heavy (non-hydrogen) atoms. The molecule has 2 aliphatic heterocycles. The van der Waals surface area contributed by atoms with Crippen LogP contribution in [-0.2, 0) is 4.79 Å². The normalized spacial score (nSPS) is 21.2. The van der Waals surface area contributed by atoms with E-state index in [9.17, 15) is 4.79 Å². The molecule has 156 valence electrons. The van der Waals surface area contributed by atoms with Gasteiger partial charge in [-0.05, 0) is 94.6 Å². The average Bonchev–Trinajstić information content (AvgIpc) is 2.94. The van der Waals surface area contributed by atoms with Gasteiger partial charge >= 0.3 is 0 Å². The first-order chi connectivity index (χ1) is 13.7. The molecule has 1 aromatic rings. The molecule has 1 aromatic carbocycles. The molecule has 0 aromatic heterocycles. The Morgan fingerprint density at radius 1 is 1.17 bits per heavy atom. The Kier molecular flexibility index (Phi) is 6.27. The summed E-state index contributed by atoms with van der Waals surface area (Å²) in [6.45, 7) is 17.5.